The van der Waals surface area contributed by atoms with Crippen LogP contribution in [0.5, 0.6) is 0 Å². The zero-order chi connectivity index (χ0) is 9.68. The van der Waals surface area contributed by atoms with E-state index in [1.54, 1.807) is 6.20 Å². The number of aromatic nitrogens is 2. The molecule has 1 rings (SSSR count). The second-order valence-corrected chi connectivity index (χ2v) is 3.78. The van der Waals surface area contributed by atoms with Crippen LogP contribution in [-0.4, -0.2) is 22.4 Å². The Morgan fingerprint density at radius 3 is 3.15 bits per heavy atom. The molecule has 13 heavy (non-hydrogen) atoms. The highest BCUT2D eigenvalue weighted by Crippen LogP contribution is 2.06. The predicted molar refractivity (Wildman–Crippen MR) is 56.2 cm³/mol. The van der Waals surface area contributed by atoms with Crippen molar-refractivity contribution < 1.29 is 0 Å². The number of hydrogen-bond donors (Lipinski definition) is 1. The lowest BCUT2D eigenvalue weighted by Gasteiger charge is -2.11. The molecule has 1 heterocycles. The van der Waals surface area contributed by atoms with Crippen molar-refractivity contribution in [1.29, 1.82) is 0 Å². The Morgan fingerprint density at radius 1 is 1.85 bits per heavy atom. The molecule has 0 radical (unpaired) electrons. The minimum atomic E-state index is 0.336. The van der Waals surface area contributed by atoms with Crippen LogP contribution in [0.2, 0.25) is 0 Å². The summed E-state index contributed by atoms with van der Waals surface area (Å²) < 4.78 is 2.87. The number of halogens is 1. The number of nitrogens with one attached hydrogen (secondary N) is 1. The maximum atomic E-state index is 5.13. The van der Waals surface area contributed by atoms with E-state index < -0.39 is 0 Å². The monoisotopic (exact) mass is 241 g/mol. The van der Waals surface area contributed by atoms with Crippen LogP contribution in [0.15, 0.2) is 16.9 Å². The Kier molecular flexibility index (Phi) is 4.00. The third kappa shape index (κ3) is 3.62. The van der Waals surface area contributed by atoms with E-state index in [0.717, 1.165) is 11.0 Å². The van der Waals surface area contributed by atoms with Crippen LogP contribution in [0.4, 0.5) is 0 Å². The normalized spacial score (nSPS) is 12.4. The first-order valence-electron chi connectivity index (χ1n) is 4.07. The Bertz CT molecular complexity index is 300. The Morgan fingerprint density at radius 2 is 2.62 bits per heavy atom. The summed E-state index contributed by atoms with van der Waals surface area (Å²) in [4.78, 5) is 0. The van der Waals surface area contributed by atoms with E-state index in [4.69, 9.17) is 6.42 Å². The molecule has 0 saturated carbocycles. The van der Waals surface area contributed by atoms with Crippen LogP contribution in [0, 0.1) is 12.3 Å². The first-order chi connectivity index (χ1) is 6.22. The van der Waals surface area contributed by atoms with Gasteiger partial charge in [0.1, 0.15) is 0 Å². The highest BCUT2D eigenvalue weighted by Gasteiger charge is 2.01. The fraction of sp³-hybridized carbons (Fsp3) is 0.444. The van der Waals surface area contributed by atoms with Gasteiger partial charge in [-0.25, -0.2) is 0 Å². The highest BCUT2D eigenvalue weighted by atomic mass is 79.9. The standard InChI is InChI=1S/C9H12BrN3/c1-3-4-11-8(2)6-13-7-9(10)5-12-13/h1,5,7-8,11H,4,6H2,2H3. The molecule has 0 spiro atoms. The zero-order valence-electron chi connectivity index (χ0n) is 7.50. The van der Waals surface area contributed by atoms with Crippen molar-refractivity contribution in [2.45, 2.75) is 19.5 Å². The molecule has 4 heteroatoms. The van der Waals surface area contributed by atoms with Crippen LogP contribution in [0.25, 0.3) is 0 Å². The molecule has 70 valence electrons. The van der Waals surface area contributed by atoms with E-state index in [2.05, 4.69) is 39.2 Å². The number of terminal acetylenes is 1. The average molecular weight is 242 g/mol. The molecule has 0 saturated heterocycles. The van der Waals surface area contributed by atoms with Crippen molar-refractivity contribution >= 4 is 15.9 Å². The van der Waals surface area contributed by atoms with E-state index in [9.17, 15) is 0 Å². The maximum Gasteiger partial charge on any atom is 0.0632 e. The minimum absolute atomic E-state index is 0.336. The van der Waals surface area contributed by atoms with Crippen molar-refractivity contribution in [3.8, 4) is 12.3 Å². The Hall–Kier alpha value is -0.790. The van der Waals surface area contributed by atoms with E-state index in [1.807, 2.05) is 10.9 Å². The summed E-state index contributed by atoms with van der Waals surface area (Å²) in [5.41, 5.74) is 0. The van der Waals surface area contributed by atoms with Crippen molar-refractivity contribution in [3.05, 3.63) is 16.9 Å². The molecule has 1 aromatic heterocycles. The lowest BCUT2D eigenvalue weighted by Crippen LogP contribution is -2.30. The fourth-order valence-electron chi connectivity index (χ4n) is 1.02. The molecule has 0 aromatic carbocycles. The van der Waals surface area contributed by atoms with Gasteiger partial charge in [0.15, 0.2) is 0 Å². The third-order valence-electron chi connectivity index (χ3n) is 1.62. The van der Waals surface area contributed by atoms with Gasteiger partial charge in [0, 0.05) is 12.2 Å². The lowest BCUT2D eigenvalue weighted by atomic mass is 10.3. The van der Waals surface area contributed by atoms with Gasteiger partial charge in [0.25, 0.3) is 0 Å². The summed E-state index contributed by atoms with van der Waals surface area (Å²) in [5.74, 6) is 2.54. The van der Waals surface area contributed by atoms with Crippen molar-refractivity contribution in [1.82, 2.24) is 15.1 Å². The molecule has 1 N–H and O–H groups in total. The summed E-state index contributed by atoms with van der Waals surface area (Å²) in [7, 11) is 0. The highest BCUT2D eigenvalue weighted by molar-refractivity contribution is 9.10. The van der Waals surface area contributed by atoms with E-state index >= 15 is 0 Å². The summed E-state index contributed by atoms with van der Waals surface area (Å²) in [6, 6.07) is 0.336. The van der Waals surface area contributed by atoms with Crippen molar-refractivity contribution in [3.63, 3.8) is 0 Å². The van der Waals surface area contributed by atoms with Crippen LogP contribution < -0.4 is 5.32 Å². The first kappa shape index (κ1) is 10.3. The molecule has 1 aromatic rings. The SMILES string of the molecule is C#CCNC(C)Cn1cc(Br)cn1. The second kappa shape index (κ2) is 5.05. The fourth-order valence-corrected chi connectivity index (χ4v) is 1.34. The number of rotatable bonds is 4. The Balaban J connectivity index is 2.37. The van der Waals surface area contributed by atoms with Gasteiger partial charge in [-0.1, -0.05) is 5.92 Å². The van der Waals surface area contributed by atoms with Gasteiger partial charge in [0.2, 0.25) is 0 Å². The molecule has 1 atom stereocenters. The molecule has 3 nitrogen and oxygen atoms in total. The number of hydrogen-bond acceptors (Lipinski definition) is 2. The minimum Gasteiger partial charge on any atom is -0.302 e. The molecule has 0 bridgehead atoms. The largest absolute Gasteiger partial charge is 0.302 e. The number of nitrogens with zero attached hydrogens (tertiary/aromatic N) is 2. The smallest absolute Gasteiger partial charge is 0.0632 e. The second-order valence-electron chi connectivity index (χ2n) is 2.87. The van der Waals surface area contributed by atoms with Crippen LogP contribution in [0.3, 0.4) is 0 Å². The average Bonchev–Trinajstić information content (AvgIpc) is 2.48. The van der Waals surface area contributed by atoms with Gasteiger partial charge in [-0.15, -0.1) is 6.42 Å². The summed E-state index contributed by atoms with van der Waals surface area (Å²) in [5, 5.41) is 7.32. The molecular formula is C9H12BrN3. The maximum absolute atomic E-state index is 5.13. The quantitative estimate of drug-likeness (QED) is 0.805. The molecular weight excluding hydrogens is 230 g/mol. The summed E-state index contributed by atoms with van der Waals surface area (Å²) >= 11 is 3.34. The van der Waals surface area contributed by atoms with E-state index in [0.29, 0.717) is 12.6 Å². The zero-order valence-corrected chi connectivity index (χ0v) is 9.08. The molecule has 0 aliphatic heterocycles. The van der Waals surface area contributed by atoms with Gasteiger partial charge in [-0.3, -0.25) is 4.68 Å². The van der Waals surface area contributed by atoms with E-state index in [-0.39, 0.29) is 0 Å². The topological polar surface area (TPSA) is 29.9 Å². The van der Waals surface area contributed by atoms with Gasteiger partial charge >= 0.3 is 0 Å². The van der Waals surface area contributed by atoms with Crippen LogP contribution in [0.1, 0.15) is 6.92 Å². The summed E-state index contributed by atoms with van der Waals surface area (Å²) in [6.45, 7) is 3.50. The molecule has 1 unspecified atom stereocenters. The van der Waals surface area contributed by atoms with Crippen LogP contribution >= 0.6 is 15.9 Å². The van der Waals surface area contributed by atoms with Crippen molar-refractivity contribution in [2.24, 2.45) is 0 Å². The lowest BCUT2D eigenvalue weighted by molar-refractivity contribution is 0.470. The molecule has 0 fully saturated rings. The van der Waals surface area contributed by atoms with Gasteiger partial charge in [-0.2, -0.15) is 5.10 Å². The first-order valence-corrected chi connectivity index (χ1v) is 4.86. The molecule has 0 amide bonds. The summed E-state index contributed by atoms with van der Waals surface area (Å²) in [6.07, 6.45) is 8.84. The van der Waals surface area contributed by atoms with Gasteiger partial charge < -0.3 is 5.32 Å². The predicted octanol–water partition coefficient (Wildman–Crippen LogP) is 1.26. The third-order valence-corrected chi connectivity index (χ3v) is 2.02. The van der Waals surface area contributed by atoms with Crippen LogP contribution in [-0.2, 0) is 6.54 Å². The van der Waals surface area contributed by atoms with Crippen molar-refractivity contribution in [2.75, 3.05) is 6.54 Å². The molecule has 0 aliphatic carbocycles. The van der Waals surface area contributed by atoms with E-state index in [1.165, 1.54) is 0 Å². The van der Waals surface area contributed by atoms with Gasteiger partial charge in [0.05, 0.1) is 23.8 Å². The molecule has 0 aliphatic rings. The van der Waals surface area contributed by atoms with Gasteiger partial charge in [-0.05, 0) is 22.9 Å². The Labute approximate surface area is 86.6 Å².